The molecule has 1 heterocycles. The zero-order valence-corrected chi connectivity index (χ0v) is 8.68. The van der Waals surface area contributed by atoms with Crippen LogP contribution < -0.4 is 0 Å². The van der Waals surface area contributed by atoms with Crippen molar-refractivity contribution in [3.8, 4) is 0 Å². The molecule has 3 nitrogen and oxygen atoms in total. The average Bonchev–Trinajstić information content (AvgIpc) is 3.10. The third kappa shape index (κ3) is 2.57. The predicted octanol–water partition coefficient (Wildman–Crippen LogP) is 1.73. The first-order valence-electron chi connectivity index (χ1n) is 5.04. The van der Waals surface area contributed by atoms with E-state index in [1.807, 2.05) is 30.3 Å². The molecule has 0 radical (unpaired) electrons. The first kappa shape index (κ1) is 10.2. The van der Waals surface area contributed by atoms with Crippen LogP contribution in [0.5, 0.6) is 0 Å². The van der Waals surface area contributed by atoms with E-state index in [0.29, 0.717) is 6.42 Å². The Bertz CT molecular complexity index is 330. The molecule has 15 heavy (non-hydrogen) atoms. The van der Waals surface area contributed by atoms with Crippen molar-refractivity contribution in [2.75, 3.05) is 13.7 Å². The minimum atomic E-state index is -0.181. The lowest BCUT2D eigenvalue weighted by atomic mass is 9.93. The van der Waals surface area contributed by atoms with Crippen molar-refractivity contribution in [1.82, 2.24) is 0 Å². The van der Waals surface area contributed by atoms with Crippen LogP contribution in [0.1, 0.15) is 17.9 Å². The molecule has 1 fully saturated rings. The summed E-state index contributed by atoms with van der Waals surface area (Å²) in [7, 11) is 1.41. The normalized spacial score (nSPS) is 20.7. The molecule has 1 aliphatic rings. The van der Waals surface area contributed by atoms with Crippen LogP contribution in [0.15, 0.2) is 30.3 Å². The third-order valence-corrected chi connectivity index (χ3v) is 2.65. The van der Waals surface area contributed by atoms with Crippen LogP contribution in [0, 0.1) is 0 Å². The minimum Gasteiger partial charge on any atom is -0.469 e. The highest BCUT2D eigenvalue weighted by atomic mass is 16.6. The maximum absolute atomic E-state index is 11.2. The average molecular weight is 206 g/mol. The molecule has 80 valence electrons. The second-order valence-corrected chi connectivity index (χ2v) is 3.67. The first-order chi connectivity index (χ1) is 7.31. The van der Waals surface area contributed by atoms with E-state index < -0.39 is 0 Å². The number of hydrogen-bond acceptors (Lipinski definition) is 3. The third-order valence-electron chi connectivity index (χ3n) is 2.65. The maximum Gasteiger partial charge on any atom is 0.306 e. The summed E-state index contributed by atoms with van der Waals surface area (Å²) in [5.74, 6) is -0.0435. The fourth-order valence-electron chi connectivity index (χ4n) is 1.71. The standard InChI is InChI=1S/C12H14O3/c1-14-12(13)7-10(11-8-15-11)9-5-3-2-4-6-9/h2-6,10-11H,7-8H2,1H3/t10-,11+/m1/s1. The molecule has 2 atom stereocenters. The molecule has 2 rings (SSSR count). The number of methoxy groups -OCH3 is 1. The Hall–Kier alpha value is -1.35. The van der Waals surface area contributed by atoms with Gasteiger partial charge in [0.2, 0.25) is 0 Å². The Morgan fingerprint density at radius 2 is 2.20 bits per heavy atom. The van der Waals surface area contributed by atoms with Gasteiger partial charge in [0.05, 0.1) is 26.2 Å². The summed E-state index contributed by atoms with van der Waals surface area (Å²) >= 11 is 0. The number of epoxide rings is 1. The summed E-state index contributed by atoms with van der Waals surface area (Å²) in [6.07, 6.45) is 0.581. The van der Waals surface area contributed by atoms with Gasteiger partial charge in [-0.1, -0.05) is 30.3 Å². The van der Waals surface area contributed by atoms with Gasteiger partial charge in [-0.3, -0.25) is 4.79 Å². The number of ether oxygens (including phenoxy) is 2. The zero-order valence-electron chi connectivity index (χ0n) is 8.68. The lowest BCUT2D eigenvalue weighted by Crippen LogP contribution is -2.13. The highest BCUT2D eigenvalue weighted by Gasteiger charge is 2.35. The van der Waals surface area contributed by atoms with E-state index in [9.17, 15) is 4.79 Å². The van der Waals surface area contributed by atoms with Gasteiger partial charge < -0.3 is 9.47 Å². The first-order valence-corrected chi connectivity index (χ1v) is 5.04. The summed E-state index contributed by atoms with van der Waals surface area (Å²) in [5, 5.41) is 0. The topological polar surface area (TPSA) is 38.8 Å². The number of esters is 1. The van der Waals surface area contributed by atoms with Gasteiger partial charge in [0, 0.05) is 5.92 Å². The van der Waals surface area contributed by atoms with Crippen molar-refractivity contribution in [3.05, 3.63) is 35.9 Å². The maximum atomic E-state index is 11.2. The van der Waals surface area contributed by atoms with Gasteiger partial charge >= 0.3 is 5.97 Å². The van der Waals surface area contributed by atoms with Gasteiger partial charge in [-0.05, 0) is 5.56 Å². The number of carbonyl (C=O) groups excluding carboxylic acids is 1. The Kier molecular flexibility index (Phi) is 3.02. The van der Waals surface area contributed by atoms with Gasteiger partial charge in [-0.15, -0.1) is 0 Å². The van der Waals surface area contributed by atoms with E-state index in [1.165, 1.54) is 7.11 Å². The van der Waals surface area contributed by atoms with E-state index in [1.54, 1.807) is 0 Å². The van der Waals surface area contributed by atoms with Gasteiger partial charge in [-0.25, -0.2) is 0 Å². The van der Waals surface area contributed by atoms with Crippen LogP contribution in [0.3, 0.4) is 0 Å². The summed E-state index contributed by atoms with van der Waals surface area (Å²) in [5.41, 5.74) is 1.14. The highest BCUT2D eigenvalue weighted by Crippen LogP contribution is 2.32. The zero-order chi connectivity index (χ0) is 10.7. The smallest absolute Gasteiger partial charge is 0.306 e. The van der Waals surface area contributed by atoms with Crippen LogP contribution in [0.4, 0.5) is 0 Å². The quantitative estimate of drug-likeness (QED) is 0.556. The summed E-state index contributed by atoms with van der Waals surface area (Å²) in [4.78, 5) is 11.2. The van der Waals surface area contributed by atoms with E-state index in [-0.39, 0.29) is 18.0 Å². The minimum absolute atomic E-state index is 0.138. The molecule has 0 saturated carbocycles. The van der Waals surface area contributed by atoms with E-state index in [2.05, 4.69) is 4.74 Å². The van der Waals surface area contributed by atoms with Crippen molar-refractivity contribution < 1.29 is 14.3 Å². The van der Waals surface area contributed by atoms with Crippen LogP contribution in [0.25, 0.3) is 0 Å². The van der Waals surface area contributed by atoms with Crippen LogP contribution in [-0.2, 0) is 14.3 Å². The summed E-state index contributed by atoms with van der Waals surface area (Å²) < 4.78 is 9.95. The van der Waals surface area contributed by atoms with E-state index >= 15 is 0 Å². The molecule has 1 aromatic carbocycles. The molecular formula is C12H14O3. The van der Waals surface area contributed by atoms with Crippen LogP contribution in [0.2, 0.25) is 0 Å². The van der Waals surface area contributed by atoms with Gasteiger partial charge in [0.1, 0.15) is 0 Å². The van der Waals surface area contributed by atoms with Crippen molar-refractivity contribution in [2.24, 2.45) is 0 Å². The van der Waals surface area contributed by atoms with Crippen molar-refractivity contribution in [2.45, 2.75) is 18.4 Å². The molecule has 3 heteroatoms. The second kappa shape index (κ2) is 4.45. The molecule has 0 aromatic heterocycles. The highest BCUT2D eigenvalue weighted by molar-refractivity contribution is 5.70. The van der Waals surface area contributed by atoms with Crippen molar-refractivity contribution in [3.63, 3.8) is 0 Å². The van der Waals surface area contributed by atoms with Crippen molar-refractivity contribution >= 4 is 5.97 Å². The van der Waals surface area contributed by atoms with Crippen molar-refractivity contribution in [1.29, 1.82) is 0 Å². The van der Waals surface area contributed by atoms with Gasteiger partial charge in [0.15, 0.2) is 0 Å². The molecule has 0 unspecified atom stereocenters. The Labute approximate surface area is 89.0 Å². The molecular weight excluding hydrogens is 192 g/mol. The molecule has 0 N–H and O–H groups in total. The Balaban J connectivity index is 2.10. The number of carbonyl (C=O) groups is 1. The largest absolute Gasteiger partial charge is 0.469 e. The second-order valence-electron chi connectivity index (χ2n) is 3.67. The molecule has 1 saturated heterocycles. The lowest BCUT2D eigenvalue weighted by Gasteiger charge is -2.13. The van der Waals surface area contributed by atoms with Gasteiger partial charge in [0.25, 0.3) is 0 Å². The SMILES string of the molecule is COC(=O)C[C@H](c1ccccc1)[C@@H]1CO1. The van der Waals surface area contributed by atoms with Crippen LogP contribution in [-0.4, -0.2) is 25.8 Å². The molecule has 0 bridgehead atoms. The van der Waals surface area contributed by atoms with E-state index in [0.717, 1.165) is 12.2 Å². The summed E-state index contributed by atoms with van der Waals surface area (Å²) in [6.45, 7) is 0.747. The lowest BCUT2D eigenvalue weighted by molar-refractivity contribution is -0.141. The van der Waals surface area contributed by atoms with E-state index in [4.69, 9.17) is 4.74 Å². The fourth-order valence-corrected chi connectivity index (χ4v) is 1.71. The number of benzene rings is 1. The summed E-state index contributed by atoms with van der Waals surface area (Å²) in [6, 6.07) is 9.96. The predicted molar refractivity (Wildman–Crippen MR) is 55.6 cm³/mol. The molecule has 1 aromatic rings. The Morgan fingerprint density at radius 3 is 2.73 bits per heavy atom. The molecule has 0 spiro atoms. The molecule has 0 amide bonds. The van der Waals surface area contributed by atoms with Crippen LogP contribution >= 0.6 is 0 Å². The monoisotopic (exact) mass is 206 g/mol. The molecule has 1 aliphatic heterocycles. The molecule has 0 aliphatic carbocycles. The Morgan fingerprint density at radius 1 is 1.53 bits per heavy atom. The number of hydrogen-bond donors (Lipinski definition) is 0. The fraction of sp³-hybridized carbons (Fsp3) is 0.417. The van der Waals surface area contributed by atoms with Gasteiger partial charge in [-0.2, -0.15) is 0 Å². The number of rotatable bonds is 4.